The highest BCUT2D eigenvalue weighted by molar-refractivity contribution is 7.92. The molecule has 1 aromatic rings. The maximum atomic E-state index is 11.2. The number of rotatable bonds is 4. The SMILES string of the molecule is CCS(=O)(=O)Nc1cccc(NC)c1. The van der Waals surface area contributed by atoms with Crippen LogP contribution in [0, 0.1) is 0 Å². The molecular weight excluding hydrogens is 200 g/mol. The molecule has 0 saturated heterocycles. The van der Waals surface area contributed by atoms with E-state index in [1.54, 1.807) is 32.2 Å². The van der Waals surface area contributed by atoms with E-state index in [1.807, 2.05) is 6.07 Å². The van der Waals surface area contributed by atoms with Gasteiger partial charge in [-0.1, -0.05) is 6.07 Å². The summed E-state index contributed by atoms with van der Waals surface area (Å²) >= 11 is 0. The van der Waals surface area contributed by atoms with Crippen molar-refractivity contribution in [3.63, 3.8) is 0 Å². The van der Waals surface area contributed by atoms with Crippen LogP contribution in [0.4, 0.5) is 11.4 Å². The molecular formula is C9H14N2O2S. The summed E-state index contributed by atoms with van der Waals surface area (Å²) in [7, 11) is -1.39. The Hall–Kier alpha value is -1.23. The van der Waals surface area contributed by atoms with E-state index >= 15 is 0 Å². The van der Waals surface area contributed by atoms with Crippen molar-refractivity contribution in [2.75, 3.05) is 22.8 Å². The zero-order valence-corrected chi connectivity index (χ0v) is 9.06. The molecule has 14 heavy (non-hydrogen) atoms. The molecule has 2 N–H and O–H groups in total. The molecule has 0 aromatic heterocycles. The molecule has 0 spiro atoms. The number of benzene rings is 1. The number of hydrogen-bond acceptors (Lipinski definition) is 3. The first kappa shape index (κ1) is 10.8. The molecule has 0 atom stereocenters. The van der Waals surface area contributed by atoms with Gasteiger partial charge >= 0.3 is 0 Å². The summed E-state index contributed by atoms with van der Waals surface area (Å²) in [5.41, 5.74) is 1.46. The largest absolute Gasteiger partial charge is 0.388 e. The molecule has 5 heteroatoms. The van der Waals surface area contributed by atoms with Crippen molar-refractivity contribution in [1.29, 1.82) is 0 Å². The van der Waals surface area contributed by atoms with Gasteiger partial charge in [-0.05, 0) is 25.1 Å². The Morgan fingerprint density at radius 1 is 1.29 bits per heavy atom. The second kappa shape index (κ2) is 4.32. The van der Waals surface area contributed by atoms with Gasteiger partial charge in [0, 0.05) is 12.7 Å². The number of anilines is 2. The summed E-state index contributed by atoms with van der Waals surface area (Å²) in [6.45, 7) is 1.60. The minimum Gasteiger partial charge on any atom is -0.388 e. The van der Waals surface area contributed by atoms with Crippen LogP contribution in [0.5, 0.6) is 0 Å². The zero-order valence-electron chi connectivity index (χ0n) is 8.24. The van der Waals surface area contributed by atoms with E-state index in [2.05, 4.69) is 10.0 Å². The van der Waals surface area contributed by atoms with Crippen molar-refractivity contribution in [3.8, 4) is 0 Å². The van der Waals surface area contributed by atoms with Crippen LogP contribution >= 0.6 is 0 Å². The summed E-state index contributed by atoms with van der Waals surface area (Å²) in [4.78, 5) is 0. The maximum absolute atomic E-state index is 11.2. The third-order valence-electron chi connectivity index (χ3n) is 1.80. The van der Waals surface area contributed by atoms with Crippen molar-refractivity contribution in [2.45, 2.75) is 6.92 Å². The Labute approximate surface area is 84.4 Å². The molecule has 0 radical (unpaired) electrons. The molecule has 0 heterocycles. The van der Waals surface area contributed by atoms with E-state index in [4.69, 9.17) is 0 Å². The summed E-state index contributed by atoms with van der Waals surface area (Å²) in [6.07, 6.45) is 0. The van der Waals surface area contributed by atoms with Gasteiger partial charge in [0.25, 0.3) is 0 Å². The minimum atomic E-state index is -3.18. The first-order valence-electron chi connectivity index (χ1n) is 4.35. The van der Waals surface area contributed by atoms with Crippen LogP contribution in [0.2, 0.25) is 0 Å². The summed E-state index contributed by atoms with van der Waals surface area (Å²) in [6, 6.07) is 7.12. The van der Waals surface area contributed by atoms with E-state index in [1.165, 1.54) is 0 Å². The van der Waals surface area contributed by atoms with Crippen LogP contribution in [0.25, 0.3) is 0 Å². The van der Waals surface area contributed by atoms with Crippen LogP contribution in [0.1, 0.15) is 6.92 Å². The monoisotopic (exact) mass is 214 g/mol. The van der Waals surface area contributed by atoms with Crippen molar-refractivity contribution in [1.82, 2.24) is 0 Å². The van der Waals surface area contributed by atoms with E-state index in [0.29, 0.717) is 5.69 Å². The fraction of sp³-hybridized carbons (Fsp3) is 0.333. The highest BCUT2D eigenvalue weighted by atomic mass is 32.2. The third-order valence-corrected chi connectivity index (χ3v) is 3.11. The number of sulfonamides is 1. The topological polar surface area (TPSA) is 58.2 Å². The van der Waals surface area contributed by atoms with Crippen LogP contribution in [0.3, 0.4) is 0 Å². The first-order chi connectivity index (χ1) is 6.57. The standard InChI is InChI=1S/C9H14N2O2S/c1-3-14(12,13)11-9-6-4-5-8(7-9)10-2/h4-7,10-11H,3H2,1-2H3. The molecule has 0 aliphatic carbocycles. The predicted octanol–water partition coefficient (Wildman–Crippen LogP) is 1.49. The van der Waals surface area contributed by atoms with Crippen LogP contribution in [-0.2, 0) is 10.0 Å². The molecule has 1 rings (SSSR count). The summed E-state index contributed by atoms with van der Waals surface area (Å²) in [5, 5.41) is 2.94. The van der Waals surface area contributed by atoms with Gasteiger partial charge in [0.05, 0.1) is 11.4 Å². The number of nitrogens with one attached hydrogen (secondary N) is 2. The molecule has 1 aromatic carbocycles. The average molecular weight is 214 g/mol. The zero-order chi connectivity index (χ0) is 10.6. The fourth-order valence-electron chi connectivity index (χ4n) is 0.990. The van der Waals surface area contributed by atoms with Crippen molar-refractivity contribution in [3.05, 3.63) is 24.3 Å². The quantitative estimate of drug-likeness (QED) is 0.798. The summed E-state index contributed by atoms with van der Waals surface area (Å²) < 4.78 is 24.9. The van der Waals surface area contributed by atoms with Gasteiger partial charge in [0.1, 0.15) is 0 Å². The molecule has 0 aliphatic rings. The second-order valence-corrected chi connectivity index (χ2v) is 4.85. The Morgan fingerprint density at radius 2 is 1.93 bits per heavy atom. The minimum absolute atomic E-state index is 0.0801. The molecule has 0 bridgehead atoms. The Bertz CT molecular complexity index is 401. The predicted molar refractivity (Wildman–Crippen MR) is 59.1 cm³/mol. The molecule has 0 unspecified atom stereocenters. The van der Waals surface area contributed by atoms with E-state index in [-0.39, 0.29) is 5.75 Å². The Kier molecular flexibility index (Phi) is 3.35. The van der Waals surface area contributed by atoms with Crippen molar-refractivity contribution in [2.24, 2.45) is 0 Å². The molecule has 78 valence electrons. The highest BCUT2D eigenvalue weighted by Gasteiger charge is 2.05. The highest BCUT2D eigenvalue weighted by Crippen LogP contribution is 2.15. The van der Waals surface area contributed by atoms with Crippen LogP contribution < -0.4 is 10.0 Å². The fourth-order valence-corrected chi connectivity index (χ4v) is 1.62. The van der Waals surface area contributed by atoms with Gasteiger partial charge in [-0.2, -0.15) is 0 Å². The lowest BCUT2D eigenvalue weighted by Gasteiger charge is -2.07. The molecule has 0 aliphatic heterocycles. The summed E-state index contributed by atoms with van der Waals surface area (Å²) in [5.74, 6) is 0.0801. The van der Waals surface area contributed by atoms with Gasteiger partial charge in [-0.25, -0.2) is 8.42 Å². The van der Waals surface area contributed by atoms with Gasteiger partial charge < -0.3 is 5.32 Å². The lowest BCUT2D eigenvalue weighted by atomic mass is 10.3. The molecule has 0 amide bonds. The average Bonchev–Trinajstić information content (AvgIpc) is 2.17. The smallest absolute Gasteiger partial charge is 0.232 e. The Balaban J connectivity index is 2.87. The maximum Gasteiger partial charge on any atom is 0.232 e. The van der Waals surface area contributed by atoms with E-state index in [9.17, 15) is 8.42 Å². The van der Waals surface area contributed by atoms with Gasteiger partial charge in [-0.3, -0.25) is 4.72 Å². The normalized spacial score (nSPS) is 11.0. The van der Waals surface area contributed by atoms with Gasteiger partial charge in [-0.15, -0.1) is 0 Å². The first-order valence-corrected chi connectivity index (χ1v) is 6.01. The second-order valence-electron chi connectivity index (χ2n) is 2.84. The lowest BCUT2D eigenvalue weighted by molar-refractivity contribution is 0.602. The molecule has 0 fully saturated rings. The van der Waals surface area contributed by atoms with Crippen LogP contribution in [0.15, 0.2) is 24.3 Å². The Morgan fingerprint density at radius 3 is 2.50 bits per heavy atom. The molecule has 4 nitrogen and oxygen atoms in total. The molecule has 0 saturated carbocycles. The number of hydrogen-bond donors (Lipinski definition) is 2. The van der Waals surface area contributed by atoms with E-state index < -0.39 is 10.0 Å². The van der Waals surface area contributed by atoms with Crippen LogP contribution in [-0.4, -0.2) is 21.2 Å². The van der Waals surface area contributed by atoms with Crippen molar-refractivity contribution >= 4 is 21.4 Å². The van der Waals surface area contributed by atoms with E-state index in [0.717, 1.165) is 5.69 Å². The van der Waals surface area contributed by atoms with Gasteiger partial charge in [0.2, 0.25) is 10.0 Å². The van der Waals surface area contributed by atoms with Crippen molar-refractivity contribution < 1.29 is 8.42 Å². The lowest BCUT2D eigenvalue weighted by Crippen LogP contribution is -2.14. The third kappa shape index (κ3) is 2.92. The van der Waals surface area contributed by atoms with Gasteiger partial charge in [0.15, 0.2) is 0 Å².